The van der Waals surface area contributed by atoms with E-state index < -0.39 is 16.9 Å². The van der Waals surface area contributed by atoms with Crippen molar-refractivity contribution in [3.63, 3.8) is 0 Å². The molecule has 4 aliphatic rings. The van der Waals surface area contributed by atoms with Crippen molar-refractivity contribution in [3.05, 3.63) is 139 Å². The predicted octanol–water partition coefficient (Wildman–Crippen LogP) is 7.70. The maximum atomic E-state index is 13.5. The molecular formula is C53H61N5O9. The van der Waals surface area contributed by atoms with Crippen molar-refractivity contribution in [2.24, 2.45) is 5.41 Å². The number of fused-ring (bicyclic) bond motifs is 4. The number of pyridine rings is 4. The van der Waals surface area contributed by atoms with Gasteiger partial charge in [-0.05, 0) is 80.3 Å². The van der Waals surface area contributed by atoms with Crippen LogP contribution in [0.1, 0.15) is 97.4 Å². The lowest BCUT2D eigenvalue weighted by Gasteiger charge is -2.42. The molecule has 6 aromatic rings. The number of aromatic nitrogens is 4. The number of benzene rings is 2. The van der Waals surface area contributed by atoms with Crippen molar-refractivity contribution < 1.29 is 33.6 Å². The molecule has 10 rings (SSSR count). The molecule has 2 saturated heterocycles. The van der Waals surface area contributed by atoms with E-state index in [1.54, 1.807) is 40.2 Å². The lowest BCUT2D eigenvalue weighted by atomic mass is 9.87. The van der Waals surface area contributed by atoms with Crippen LogP contribution in [0.15, 0.2) is 95.0 Å². The molecule has 0 unspecified atom stereocenters. The van der Waals surface area contributed by atoms with Crippen LogP contribution in [0.5, 0.6) is 11.5 Å². The number of morpholine rings is 1. The second-order valence-corrected chi connectivity index (χ2v) is 19.2. The fourth-order valence-corrected chi connectivity index (χ4v) is 9.47. The highest BCUT2D eigenvalue weighted by molar-refractivity contribution is 5.97. The van der Waals surface area contributed by atoms with Crippen molar-refractivity contribution in [1.82, 2.24) is 24.0 Å². The van der Waals surface area contributed by atoms with Crippen molar-refractivity contribution in [1.29, 1.82) is 0 Å². The Kier molecular flexibility index (Phi) is 14.0. The van der Waals surface area contributed by atoms with Gasteiger partial charge in [0.15, 0.2) is 0 Å². The molecule has 2 aromatic carbocycles. The lowest BCUT2D eigenvalue weighted by Crippen LogP contribution is -2.56. The lowest BCUT2D eigenvalue weighted by molar-refractivity contribution is -0.0371. The van der Waals surface area contributed by atoms with Crippen LogP contribution < -0.4 is 20.3 Å². The van der Waals surface area contributed by atoms with E-state index in [0.29, 0.717) is 66.4 Å². The number of hydrogen-bond acceptors (Lipinski definition) is 10. The molecule has 14 heteroatoms. The molecule has 67 heavy (non-hydrogen) atoms. The predicted molar refractivity (Wildman–Crippen MR) is 257 cm³/mol. The number of aryl methyl sites for hydroxylation is 2. The zero-order chi connectivity index (χ0) is 47.5. The van der Waals surface area contributed by atoms with E-state index in [-0.39, 0.29) is 40.1 Å². The van der Waals surface area contributed by atoms with Gasteiger partial charge in [-0.3, -0.25) is 14.4 Å². The Hall–Kier alpha value is -6.38. The molecule has 6 heterocycles. The topological polar surface area (TPSA) is 164 Å². The zero-order valence-corrected chi connectivity index (χ0v) is 39.4. The highest BCUT2D eigenvalue weighted by Gasteiger charge is 2.36. The maximum absolute atomic E-state index is 13.5. The van der Waals surface area contributed by atoms with Gasteiger partial charge in [0.05, 0.1) is 48.5 Å². The Morgan fingerprint density at radius 1 is 0.701 bits per heavy atom. The minimum Gasteiger partial charge on any atom is -0.488 e. The van der Waals surface area contributed by atoms with E-state index in [1.807, 2.05) is 56.5 Å². The van der Waals surface area contributed by atoms with E-state index in [1.165, 1.54) is 41.3 Å². The monoisotopic (exact) mass is 911 g/mol. The number of carboxylic acid groups (broad SMARTS) is 1. The number of ether oxygens (including phenoxy) is 4. The van der Waals surface area contributed by atoms with Gasteiger partial charge in [0.1, 0.15) is 46.1 Å². The fourth-order valence-electron chi connectivity index (χ4n) is 9.47. The average molecular weight is 912 g/mol. The second kappa shape index (κ2) is 19.8. The summed E-state index contributed by atoms with van der Waals surface area (Å²) in [5.74, 6) is -0.472. The number of hydrogen-bond donors (Lipinski definition) is 1. The third-order valence-electron chi connectivity index (χ3n) is 13.1. The first-order chi connectivity index (χ1) is 32.1. The van der Waals surface area contributed by atoms with Crippen LogP contribution in [0.25, 0.3) is 22.1 Å². The van der Waals surface area contributed by atoms with Gasteiger partial charge in [-0.2, -0.15) is 0 Å². The summed E-state index contributed by atoms with van der Waals surface area (Å²) in [7, 11) is 0. The van der Waals surface area contributed by atoms with Crippen LogP contribution in [0.3, 0.4) is 0 Å². The molecule has 352 valence electrons. The molecule has 0 atom stereocenters. The highest BCUT2D eigenvalue weighted by Crippen LogP contribution is 2.30. The summed E-state index contributed by atoms with van der Waals surface area (Å²) >= 11 is 0. The van der Waals surface area contributed by atoms with E-state index in [0.717, 1.165) is 38.9 Å². The van der Waals surface area contributed by atoms with Crippen LogP contribution in [-0.2, 0) is 48.2 Å². The zero-order valence-electron chi connectivity index (χ0n) is 39.4. The summed E-state index contributed by atoms with van der Waals surface area (Å²) in [6.45, 7) is 16.7. The van der Waals surface area contributed by atoms with Gasteiger partial charge in [-0.15, -0.1) is 0 Å². The van der Waals surface area contributed by atoms with E-state index >= 15 is 0 Å². The Morgan fingerprint density at radius 3 is 1.57 bits per heavy atom. The summed E-state index contributed by atoms with van der Waals surface area (Å²) in [5.41, 5.74) is 5.19. The molecule has 14 nitrogen and oxygen atoms in total. The van der Waals surface area contributed by atoms with Gasteiger partial charge in [-0.25, -0.2) is 14.8 Å². The summed E-state index contributed by atoms with van der Waals surface area (Å²) in [4.78, 5) is 61.4. The van der Waals surface area contributed by atoms with Crippen molar-refractivity contribution in [2.45, 2.75) is 111 Å². The van der Waals surface area contributed by atoms with Crippen LogP contribution >= 0.6 is 0 Å². The first-order valence-electron chi connectivity index (χ1n) is 23.4. The molecule has 0 bridgehead atoms. The molecule has 2 fully saturated rings. The number of amides is 1. The van der Waals surface area contributed by atoms with Crippen molar-refractivity contribution in [2.75, 3.05) is 33.0 Å². The van der Waals surface area contributed by atoms with Crippen molar-refractivity contribution in [3.8, 4) is 11.5 Å². The maximum Gasteiger partial charge on any atom is 0.341 e. The van der Waals surface area contributed by atoms with Gasteiger partial charge in [0, 0.05) is 64.3 Å². The largest absolute Gasteiger partial charge is 0.488 e. The molecule has 0 saturated carbocycles. The Balaban J connectivity index is 0.000000159. The Bertz CT molecular complexity index is 2860. The smallest absolute Gasteiger partial charge is 0.341 e. The van der Waals surface area contributed by atoms with Crippen LogP contribution in [0.4, 0.5) is 0 Å². The average Bonchev–Trinajstić information content (AvgIpc) is 3.92. The number of carbonyl (C=O) groups is 2. The normalized spacial score (nSPS) is 17.4. The first kappa shape index (κ1) is 47.1. The molecule has 2 aliphatic carbocycles. The molecule has 2 aliphatic heterocycles. The molecule has 0 radical (unpaired) electrons. The van der Waals surface area contributed by atoms with Crippen LogP contribution in [-0.4, -0.2) is 91.7 Å². The summed E-state index contributed by atoms with van der Waals surface area (Å²) < 4.78 is 26.6. The number of carbonyl (C=O) groups excluding carboxylic acids is 1. The van der Waals surface area contributed by atoms with Crippen LogP contribution in [0, 0.1) is 5.41 Å². The number of carboxylic acids is 1. The van der Waals surface area contributed by atoms with Crippen LogP contribution in [0.2, 0.25) is 0 Å². The SMILES string of the molecule is CC1(C)CCCOC1.CCn1cc(C(=O)N2CCOCC2(C)C)c(=O)c2cc(OC3Cc4ccccc4C3)cnc21.CCn1cc(C(=O)O)c(=O)c2cc(OC3Cc4ccccc4C3)cnc21. The number of aromatic carboxylic acids is 1. The third-order valence-corrected chi connectivity index (χ3v) is 13.1. The molecule has 1 amide bonds. The fraction of sp³-hybridized carbons (Fsp3) is 0.434. The van der Waals surface area contributed by atoms with Gasteiger partial charge < -0.3 is 38.1 Å². The van der Waals surface area contributed by atoms with Crippen molar-refractivity contribution >= 4 is 33.9 Å². The standard InChI is InChI=1S/C26H29N3O4.C20H18N2O4.C7H14O/c1-4-28-15-22(25(31)29-9-10-32-16-26(29,2)3)23(30)21-13-20(14-27-24(21)28)33-19-11-17-7-5-6-8-18(17)12-19;1-2-22-11-17(20(24)25)18(23)16-9-15(10-21-19(16)22)26-14-7-12-5-3-4-6-13(12)8-14;1-7(2)4-3-5-8-6-7/h5-8,13-15,19H,4,9-12,16H2,1-3H3;3-6,9-11,14H,2,7-8H2,1H3,(H,24,25);3-6H2,1-2H3. The van der Waals surface area contributed by atoms with Gasteiger partial charge in [0.25, 0.3) is 5.91 Å². The van der Waals surface area contributed by atoms with Gasteiger partial charge >= 0.3 is 5.97 Å². The van der Waals surface area contributed by atoms with E-state index in [2.05, 4.69) is 48.1 Å². The first-order valence-corrected chi connectivity index (χ1v) is 23.4. The third kappa shape index (κ3) is 10.5. The summed E-state index contributed by atoms with van der Waals surface area (Å²) in [6.07, 6.45) is 12.1. The van der Waals surface area contributed by atoms with E-state index in [9.17, 15) is 24.3 Å². The summed E-state index contributed by atoms with van der Waals surface area (Å²) in [6, 6.07) is 19.9. The van der Waals surface area contributed by atoms with Gasteiger partial charge in [0.2, 0.25) is 10.9 Å². The molecule has 4 aromatic heterocycles. The number of nitrogens with zero attached hydrogens (tertiary/aromatic N) is 5. The molecular weight excluding hydrogens is 851 g/mol. The molecule has 1 N–H and O–H groups in total. The quantitative estimate of drug-likeness (QED) is 0.159. The highest BCUT2D eigenvalue weighted by atomic mass is 16.5. The minimum absolute atomic E-state index is 0.00835. The Morgan fingerprint density at radius 2 is 1.16 bits per heavy atom. The number of rotatable bonds is 8. The van der Waals surface area contributed by atoms with Gasteiger partial charge in [-0.1, -0.05) is 62.4 Å². The Labute approximate surface area is 390 Å². The van der Waals surface area contributed by atoms with E-state index in [4.69, 9.17) is 18.9 Å². The second-order valence-electron chi connectivity index (χ2n) is 19.2. The minimum atomic E-state index is -1.24. The summed E-state index contributed by atoms with van der Waals surface area (Å²) in [5, 5.41) is 9.95. The molecule has 0 spiro atoms.